The Labute approximate surface area is 234 Å². The number of hydrogen-bond acceptors (Lipinski definition) is 7. The highest BCUT2D eigenvalue weighted by molar-refractivity contribution is 7.07. The Morgan fingerprint density at radius 1 is 0.789 bits per heavy atom. The first kappa shape index (κ1) is 34.2. The molecule has 0 aromatic carbocycles. The van der Waals surface area contributed by atoms with Crippen LogP contribution in [0.25, 0.3) is 0 Å². The van der Waals surface area contributed by atoms with Gasteiger partial charge in [-0.15, -0.1) is 0 Å². The molecule has 1 aromatic rings. The van der Waals surface area contributed by atoms with E-state index in [9.17, 15) is 9.59 Å². The van der Waals surface area contributed by atoms with Crippen LogP contribution < -0.4 is 9.88 Å². The molecule has 1 atom stereocenters. The van der Waals surface area contributed by atoms with E-state index < -0.39 is 18.4 Å². The van der Waals surface area contributed by atoms with Crippen LogP contribution in [-0.2, 0) is 25.5 Å². The zero-order valence-electron chi connectivity index (χ0n) is 24.0. The largest absolute Gasteiger partial charge is 0.508 e. The lowest BCUT2D eigenvalue weighted by atomic mass is 10.0. The van der Waals surface area contributed by atoms with Crippen molar-refractivity contribution in [3.63, 3.8) is 0 Å². The molecule has 1 amide bonds. The minimum atomic E-state index is -0.788. The molecule has 0 spiro atoms. The number of nitrogens with one attached hydrogen (secondary N) is 1. The van der Waals surface area contributed by atoms with E-state index >= 15 is 0 Å². The van der Waals surface area contributed by atoms with Gasteiger partial charge in [0.05, 0.1) is 12.0 Å². The Morgan fingerprint density at radius 2 is 1.37 bits per heavy atom. The number of nitrogens with zero attached hydrogens (tertiary/aromatic N) is 1. The van der Waals surface area contributed by atoms with Crippen LogP contribution in [0.4, 0.5) is 9.59 Å². The lowest BCUT2D eigenvalue weighted by Gasteiger charge is -2.17. The fraction of sp³-hybridized carbons (Fsp3) is 0.828. The first-order chi connectivity index (χ1) is 18.7. The van der Waals surface area contributed by atoms with Crippen LogP contribution in [0, 0.1) is 0 Å². The molecule has 0 unspecified atom stereocenters. The van der Waals surface area contributed by atoms with E-state index in [2.05, 4.69) is 12.2 Å². The molecule has 0 fully saturated rings. The van der Waals surface area contributed by atoms with Gasteiger partial charge in [-0.3, -0.25) is 0 Å². The van der Waals surface area contributed by atoms with Gasteiger partial charge in [-0.2, -0.15) is 4.57 Å². The van der Waals surface area contributed by atoms with Gasteiger partial charge in [0.25, 0.3) is 0 Å². The molecule has 0 aliphatic rings. The quantitative estimate of drug-likeness (QED) is 0.0778. The highest BCUT2D eigenvalue weighted by atomic mass is 32.1. The summed E-state index contributed by atoms with van der Waals surface area (Å²) in [7, 11) is 1.48. The number of rotatable bonds is 25. The monoisotopic (exact) mass is 557 g/mol. The molecular formula is C29H53N2O6S+. The summed E-state index contributed by atoms with van der Waals surface area (Å²) in [6.45, 7) is 3.68. The fourth-order valence-corrected chi connectivity index (χ4v) is 4.75. The van der Waals surface area contributed by atoms with Gasteiger partial charge in [-0.1, -0.05) is 115 Å². The minimum Gasteiger partial charge on any atom is -0.440 e. The van der Waals surface area contributed by atoms with Gasteiger partial charge in [0.15, 0.2) is 25.5 Å². The number of carbonyl (C=O) groups is 2. The summed E-state index contributed by atoms with van der Waals surface area (Å²) in [5.74, 6) is 0. The molecule has 9 heteroatoms. The normalized spacial score (nSPS) is 11.7. The topological polar surface area (TPSA) is 87.0 Å². The van der Waals surface area contributed by atoms with Crippen molar-refractivity contribution >= 4 is 23.6 Å². The molecule has 1 aromatic heterocycles. The summed E-state index contributed by atoms with van der Waals surface area (Å²) in [6, 6.07) is 0. The first-order valence-corrected chi connectivity index (χ1v) is 15.8. The Morgan fingerprint density at radius 3 is 1.89 bits per heavy atom. The van der Waals surface area contributed by atoms with Crippen molar-refractivity contribution in [1.29, 1.82) is 0 Å². The zero-order chi connectivity index (χ0) is 27.5. The van der Waals surface area contributed by atoms with E-state index in [0.717, 1.165) is 12.8 Å². The van der Waals surface area contributed by atoms with Crippen molar-refractivity contribution in [3.8, 4) is 0 Å². The molecule has 0 aliphatic heterocycles. The van der Waals surface area contributed by atoms with E-state index in [1.807, 2.05) is 21.7 Å². The summed E-state index contributed by atoms with van der Waals surface area (Å²) < 4.78 is 23.0. The second-order valence-corrected chi connectivity index (χ2v) is 10.6. The molecule has 0 saturated heterocycles. The maximum absolute atomic E-state index is 11.8. The lowest BCUT2D eigenvalue weighted by Crippen LogP contribution is -2.35. The molecule has 38 heavy (non-hydrogen) atoms. The summed E-state index contributed by atoms with van der Waals surface area (Å²) in [6.07, 6.45) is 21.1. The average molecular weight is 558 g/mol. The Kier molecular flexibility index (Phi) is 22.8. The second kappa shape index (κ2) is 25.4. The van der Waals surface area contributed by atoms with Crippen molar-refractivity contribution in [2.24, 2.45) is 0 Å². The third-order valence-corrected chi connectivity index (χ3v) is 7.08. The summed E-state index contributed by atoms with van der Waals surface area (Å²) >= 11 is 1.56. The van der Waals surface area contributed by atoms with Crippen molar-refractivity contribution in [2.45, 2.75) is 122 Å². The Hall–Kier alpha value is -1.87. The number of thiazole rings is 1. The lowest BCUT2D eigenvalue weighted by molar-refractivity contribution is -0.693. The van der Waals surface area contributed by atoms with E-state index in [1.165, 1.54) is 96.9 Å². The molecule has 0 aliphatic carbocycles. The van der Waals surface area contributed by atoms with Crippen LogP contribution in [0.15, 0.2) is 17.1 Å². The summed E-state index contributed by atoms with van der Waals surface area (Å²) in [5, 5.41) is 4.35. The minimum absolute atomic E-state index is 0.114. The van der Waals surface area contributed by atoms with Crippen LogP contribution in [0.1, 0.15) is 110 Å². The highest BCUT2D eigenvalue weighted by Gasteiger charge is 2.18. The van der Waals surface area contributed by atoms with Crippen LogP contribution >= 0.6 is 11.3 Å². The van der Waals surface area contributed by atoms with Gasteiger partial charge in [0, 0.05) is 13.7 Å². The predicted molar refractivity (Wildman–Crippen MR) is 152 cm³/mol. The summed E-state index contributed by atoms with van der Waals surface area (Å²) in [5.41, 5.74) is 1.93. The molecule has 1 N–H and O–H groups in total. The number of hydrogen-bond donors (Lipinski definition) is 1. The third-order valence-electron chi connectivity index (χ3n) is 6.41. The average Bonchev–Trinajstić information content (AvgIpc) is 3.44. The molecule has 1 heterocycles. The third kappa shape index (κ3) is 21.1. The van der Waals surface area contributed by atoms with E-state index in [4.69, 9.17) is 18.9 Å². The number of alkyl carbamates (subject to hydrolysis) is 1. The van der Waals surface area contributed by atoms with Crippen molar-refractivity contribution in [3.05, 3.63) is 17.1 Å². The van der Waals surface area contributed by atoms with Gasteiger partial charge in [-0.05, 0) is 6.42 Å². The van der Waals surface area contributed by atoms with Gasteiger partial charge in [-0.25, -0.2) is 9.59 Å². The van der Waals surface area contributed by atoms with Crippen molar-refractivity contribution in [2.75, 3.05) is 33.5 Å². The van der Waals surface area contributed by atoms with E-state index in [-0.39, 0.29) is 19.8 Å². The number of ether oxygens (including phenoxy) is 4. The molecular weight excluding hydrogens is 504 g/mol. The van der Waals surface area contributed by atoms with Crippen LogP contribution in [-0.4, -0.2) is 51.8 Å². The standard InChI is InChI=1S/C29H52N2O6S/c1-3-4-5-6-7-8-9-10-11-12-13-14-15-16-17-18-21-34-24-27(37-28(32)30-2)25-36-29(33)35-22-19-31-20-23-38-26-31/h20,23,26-27H,3-19,21-22,24-25H2,1-2H3/p+1/t27-/m1/s1. The number of amides is 1. The van der Waals surface area contributed by atoms with Gasteiger partial charge >= 0.3 is 12.2 Å². The molecule has 8 nitrogen and oxygen atoms in total. The van der Waals surface area contributed by atoms with Crippen LogP contribution in [0.2, 0.25) is 0 Å². The molecule has 0 radical (unpaired) electrons. The van der Waals surface area contributed by atoms with Gasteiger partial charge in [0.1, 0.15) is 6.61 Å². The Balaban J connectivity index is 1.96. The van der Waals surface area contributed by atoms with Crippen LogP contribution in [0.5, 0.6) is 0 Å². The molecule has 220 valence electrons. The van der Waals surface area contributed by atoms with Crippen molar-refractivity contribution < 1.29 is 33.1 Å². The maximum atomic E-state index is 11.8. The number of aromatic nitrogens is 1. The smallest absolute Gasteiger partial charge is 0.440 e. The van der Waals surface area contributed by atoms with E-state index in [1.54, 1.807) is 11.3 Å². The number of carbonyl (C=O) groups excluding carboxylic acids is 2. The second-order valence-electron chi connectivity index (χ2n) is 9.83. The SMILES string of the molecule is CCCCCCCCCCCCCCCCCCOC[C@H](COC(=O)OCC[n+]1ccsc1)OC(=O)NC. The van der Waals surface area contributed by atoms with E-state index in [0.29, 0.717) is 13.2 Å². The Bertz CT molecular complexity index is 674. The highest BCUT2D eigenvalue weighted by Crippen LogP contribution is 2.13. The molecule has 0 bridgehead atoms. The first-order valence-electron chi connectivity index (χ1n) is 14.8. The van der Waals surface area contributed by atoms with Crippen molar-refractivity contribution in [1.82, 2.24) is 5.32 Å². The fourth-order valence-electron chi connectivity index (χ4n) is 4.12. The molecule has 1 rings (SSSR count). The van der Waals surface area contributed by atoms with Gasteiger partial charge in [0.2, 0.25) is 5.51 Å². The van der Waals surface area contributed by atoms with Crippen LogP contribution in [0.3, 0.4) is 0 Å². The predicted octanol–water partition coefficient (Wildman–Crippen LogP) is 7.19. The maximum Gasteiger partial charge on any atom is 0.508 e. The van der Waals surface area contributed by atoms with Gasteiger partial charge < -0.3 is 24.3 Å². The molecule has 0 saturated carbocycles. The summed E-state index contributed by atoms with van der Waals surface area (Å²) in [4.78, 5) is 23.4. The zero-order valence-corrected chi connectivity index (χ0v) is 24.8. The number of unbranched alkanes of at least 4 members (excludes halogenated alkanes) is 15.